The van der Waals surface area contributed by atoms with Gasteiger partial charge in [-0.25, -0.2) is 4.39 Å². The summed E-state index contributed by atoms with van der Waals surface area (Å²) in [5.41, 5.74) is 1.90. The third-order valence-corrected chi connectivity index (χ3v) is 3.79. The van der Waals surface area contributed by atoms with Gasteiger partial charge in [-0.3, -0.25) is 0 Å². The Bertz CT molecular complexity index is 567. The largest absolute Gasteiger partial charge is 0.469 e. The first-order valence-electron chi connectivity index (χ1n) is 6.83. The van der Waals surface area contributed by atoms with E-state index in [2.05, 4.69) is 12.2 Å². The van der Waals surface area contributed by atoms with Crippen molar-refractivity contribution in [3.8, 4) is 0 Å². The molecule has 0 spiro atoms. The predicted molar refractivity (Wildman–Crippen MR) is 79.6 cm³/mol. The van der Waals surface area contributed by atoms with E-state index in [0.29, 0.717) is 6.42 Å². The number of nitrogens with one attached hydrogen (secondary N) is 1. The van der Waals surface area contributed by atoms with Gasteiger partial charge in [-0.15, -0.1) is 0 Å². The highest BCUT2D eigenvalue weighted by Gasteiger charge is 2.18. The minimum Gasteiger partial charge on any atom is -0.469 e. The first kappa shape index (κ1) is 15.1. The fraction of sp³-hybridized carbons (Fsp3) is 0.375. The van der Waals surface area contributed by atoms with Gasteiger partial charge in [0, 0.05) is 11.6 Å². The van der Waals surface area contributed by atoms with E-state index >= 15 is 0 Å². The van der Waals surface area contributed by atoms with Crippen molar-refractivity contribution in [1.29, 1.82) is 0 Å². The fourth-order valence-corrected chi connectivity index (χ4v) is 2.50. The molecule has 1 unspecified atom stereocenters. The Kier molecular flexibility index (Phi) is 5.21. The van der Waals surface area contributed by atoms with E-state index in [1.54, 1.807) is 12.3 Å². The summed E-state index contributed by atoms with van der Waals surface area (Å²) in [5.74, 6) is 0.508. The van der Waals surface area contributed by atoms with Crippen molar-refractivity contribution in [2.24, 2.45) is 0 Å². The molecule has 1 atom stereocenters. The Hall–Kier alpha value is -1.32. The molecule has 0 bridgehead atoms. The van der Waals surface area contributed by atoms with Crippen LogP contribution in [0.3, 0.4) is 0 Å². The number of aryl methyl sites for hydroxylation is 1. The summed E-state index contributed by atoms with van der Waals surface area (Å²) in [5, 5.41) is 3.67. The van der Waals surface area contributed by atoms with Gasteiger partial charge in [-0.1, -0.05) is 30.7 Å². The molecule has 2 rings (SSSR count). The number of furan rings is 1. The van der Waals surface area contributed by atoms with Gasteiger partial charge in [0.15, 0.2) is 0 Å². The van der Waals surface area contributed by atoms with Crippen LogP contribution in [-0.4, -0.2) is 6.54 Å². The normalized spacial score (nSPS) is 12.6. The van der Waals surface area contributed by atoms with Gasteiger partial charge in [0.25, 0.3) is 0 Å². The van der Waals surface area contributed by atoms with Crippen LogP contribution in [0, 0.1) is 12.7 Å². The molecular formula is C16H19ClFNO. The van der Waals surface area contributed by atoms with Crippen molar-refractivity contribution < 1.29 is 8.81 Å². The highest BCUT2D eigenvalue weighted by atomic mass is 35.5. The SMILES string of the molecule is CCCNC(Cc1cccc(F)c1Cl)c1ccoc1C. The summed E-state index contributed by atoms with van der Waals surface area (Å²) in [4.78, 5) is 0. The first-order valence-corrected chi connectivity index (χ1v) is 7.21. The molecule has 4 heteroatoms. The molecule has 20 heavy (non-hydrogen) atoms. The van der Waals surface area contributed by atoms with E-state index < -0.39 is 0 Å². The summed E-state index contributed by atoms with van der Waals surface area (Å²) < 4.78 is 18.9. The van der Waals surface area contributed by atoms with Gasteiger partial charge in [-0.2, -0.15) is 0 Å². The second-order valence-electron chi connectivity index (χ2n) is 4.86. The maximum atomic E-state index is 13.5. The van der Waals surface area contributed by atoms with Crippen LogP contribution in [0.1, 0.15) is 36.3 Å². The lowest BCUT2D eigenvalue weighted by atomic mass is 9.99. The van der Waals surface area contributed by atoms with Gasteiger partial charge >= 0.3 is 0 Å². The zero-order valence-corrected chi connectivity index (χ0v) is 12.5. The predicted octanol–water partition coefficient (Wildman–Crippen LogP) is 4.66. The molecule has 0 fully saturated rings. The average molecular weight is 296 g/mol. The van der Waals surface area contributed by atoms with Crippen LogP contribution in [0.25, 0.3) is 0 Å². The summed E-state index contributed by atoms with van der Waals surface area (Å²) >= 11 is 6.05. The second-order valence-corrected chi connectivity index (χ2v) is 5.23. The molecule has 108 valence electrons. The lowest BCUT2D eigenvalue weighted by molar-refractivity contribution is 0.493. The summed E-state index contributed by atoms with van der Waals surface area (Å²) in [6.07, 6.45) is 3.35. The maximum Gasteiger partial charge on any atom is 0.142 e. The Morgan fingerprint density at radius 1 is 1.35 bits per heavy atom. The summed E-state index contributed by atoms with van der Waals surface area (Å²) in [6.45, 7) is 4.94. The standard InChI is InChI=1S/C16H19ClFNO/c1-3-8-19-15(13-7-9-20-11(13)2)10-12-5-4-6-14(18)16(12)17/h4-7,9,15,19H,3,8,10H2,1-2H3. The number of benzene rings is 1. The molecule has 0 radical (unpaired) electrons. The third kappa shape index (κ3) is 3.41. The first-order chi connectivity index (χ1) is 9.63. The second kappa shape index (κ2) is 6.91. The monoisotopic (exact) mass is 295 g/mol. The van der Waals surface area contributed by atoms with Crippen molar-refractivity contribution in [1.82, 2.24) is 5.32 Å². The summed E-state index contributed by atoms with van der Waals surface area (Å²) in [6, 6.07) is 6.96. The van der Waals surface area contributed by atoms with Crippen molar-refractivity contribution in [2.75, 3.05) is 6.54 Å². The van der Waals surface area contributed by atoms with Gasteiger partial charge in [0.1, 0.15) is 11.6 Å². The molecule has 0 amide bonds. The van der Waals surface area contributed by atoms with E-state index in [-0.39, 0.29) is 16.9 Å². The fourth-order valence-electron chi connectivity index (χ4n) is 2.29. The molecule has 1 heterocycles. The van der Waals surface area contributed by atoms with E-state index in [1.165, 1.54) is 6.07 Å². The van der Waals surface area contributed by atoms with E-state index in [9.17, 15) is 4.39 Å². The average Bonchev–Trinajstić information content (AvgIpc) is 2.85. The minimum atomic E-state index is -0.373. The smallest absolute Gasteiger partial charge is 0.142 e. The number of hydrogen-bond donors (Lipinski definition) is 1. The van der Waals surface area contributed by atoms with Crippen LogP contribution in [0.15, 0.2) is 34.9 Å². The van der Waals surface area contributed by atoms with Crippen molar-refractivity contribution >= 4 is 11.6 Å². The highest BCUT2D eigenvalue weighted by molar-refractivity contribution is 6.31. The summed E-state index contributed by atoms with van der Waals surface area (Å²) in [7, 11) is 0. The van der Waals surface area contributed by atoms with Crippen molar-refractivity contribution in [3.63, 3.8) is 0 Å². The van der Waals surface area contributed by atoms with E-state index in [1.807, 2.05) is 19.1 Å². The van der Waals surface area contributed by atoms with Gasteiger partial charge in [0.05, 0.1) is 11.3 Å². The quantitative estimate of drug-likeness (QED) is 0.838. The molecule has 0 aliphatic heterocycles. The lowest BCUT2D eigenvalue weighted by Crippen LogP contribution is -2.24. The topological polar surface area (TPSA) is 25.2 Å². The van der Waals surface area contributed by atoms with Gasteiger partial charge < -0.3 is 9.73 Å². The van der Waals surface area contributed by atoms with Crippen LogP contribution in [0.2, 0.25) is 5.02 Å². The molecule has 2 nitrogen and oxygen atoms in total. The van der Waals surface area contributed by atoms with E-state index in [0.717, 1.165) is 29.9 Å². The van der Waals surface area contributed by atoms with Crippen molar-refractivity contribution in [2.45, 2.75) is 32.7 Å². The third-order valence-electron chi connectivity index (χ3n) is 3.37. The lowest BCUT2D eigenvalue weighted by Gasteiger charge is -2.19. The Labute approximate surface area is 123 Å². The maximum absolute atomic E-state index is 13.5. The minimum absolute atomic E-state index is 0.0769. The van der Waals surface area contributed by atoms with E-state index in [4.69, 9.17) is 16.0 Å². The molecule has 0 aliphatic carbocycles. The van der Waals surface area contributed by atoms with Gasteiger partial charge in [0.2, 0.25) is 0 Å². The number of hydrogen-bond acceptors (Lipinski definition) is 2. The molecule has 0 saturated heterocycles. The van der Waals surface area contributed by atoms with Crippen LogP contribution >= 0.6 is 11.6 Å². The molecule has 0 saturated carbocycles. The van der Waals surface area contributed by atoms with Crippen LogP contribution in [0.5, 0.6) is 0 Å². The molecule has 1 aromatic carbocycles. The van der Waals surface area contributed by atoms with Crippen LogP contribution < -0.4 is 5.32 Å². The Balaban J connectivity index is 2.24. The molecule has 1 N–H and O–H groups in total. The molecular weight excluding hydrogens is 277 g/mol. The van der Waals surface area contributed by atoms with Crippen LogP contribution in [0.4, 0.5) is 4.39 Å². The Morgan fingerprint density at radius 3 is 2.80 bits per heavy atom. The highest BCUT2D eigenvalue weighted by Crippen LogP contribution is 2.27. The zero-order chi connectivity index (χ0) is 14.5. The molecule has 2 aromatic rings. The molecule has 0 aliphatic rings. The van der Waals surface area contributed by atoms with Crippen LogP contribution in [-0.2, 0) is 6.42 Å². The number of halogens is 2. The van der Waals surface area contributed by atoms with Crippen molar-refractivity contribution in [3.05, 3.63) is 58.3 Å². The number of rotatable bonds is 6. The Morgan fingerprint density at radius 2 is 2.15 bits per heavy atom. The molecule has 1 aromatic heterocycles. The van der Waals surface area contributed by atoms with Gasteiger partial charge in [-0.05, 0) is 44.0 Å². The zero-order valence-electron chi connectivity index (χ0n) is 11.7.